The SMILES string of the molecule is Cc1cc(-c2n[nH]c3c2CN(S(=O)(=O)c2ccsc2)CC3)no1. The number of aryl methyl sites for hydroxylation is 1. The highest BCUT2D eigenvalue weighted by Gasteiger charge is 2.32. The second-order valence-electron chi connectivity index (χ2n) is 5.40. The predicted octanol–water partition coefficient (Wildman–Crippen LogP) is 2.18. The number of hydrogen-bond donors (Lipinski definition) is 1. The van der Waals surface area contributed by atoms with Crippen molar-refractivity contribution in [2.45, 2.75) is 24.8 Å². The molecule has 0 saturated heterocycles. The average Bonchev–Trinajstić information content (AvgIpc) is 3.26. The highest BCUT2D eigenvalue weighted by atomic mass is 32.2. The second kappa shape index (κ2) is 5.29. The number of nitrogens with one attached hydrogen (secondary N) is 1. The van der Waals surface area contributed by atoms with Gasteiger partial charge in [-0.3, -0.25) is 5.10 Å². The molecule has 1 N–H and O–H groups in total. The maximum Gasteiger partial charge on any atom is 0.244 e. The van der Waals surface area contributed by atoms with Crippen LogP contribution in [0.1, 0.15) is 17.0 Å². The van der Waals surface area contributed by atoms with Crippen LogP contribution in [0.15, 0.2) is 32.3 Å². The first-order valence-corrected chi connectivity index (χ1v) is 9.46. The molecule has 0 radical (unpaired) electrons. The molecule has 0 fully saturated rings. The number of rotatable bonds is 3. The van der Waals surface area contributed by atoms with E-state index < -0.39 is 10.0 Å². The summed E-state index contributed by atoms with van der Waals surface area (Å²) in [5.41, 5.74) is 3.10. The van der Waals surface area contributed by atoms with E-state index in [1.807, 2.05) is 6.92 Å². The number of H-pyrrole nitrogens is 1. The van der Waals surface area contributed by atoms with Crippen molar-refractivity contribution < 1.29 is 12.9 Å². The third kappa shape index (κ3) is 2.41. The Kier molecular flexibility index (Phi) is 3.36. The van der Waals surface area contributed by atoms with Crippen LogP contribution < -0.4 is 0 Å². The summed E-state index contributed by atoms with van der Waals surface area (Å²) in [6.07, 6.45) is 0.600. The van der Waals surface area contributed by atoms with E-state index in [9.17, 15) is 8.42 Å². The summed E-state index contributed by atoms with van der Waals surface area (Å²) < 4.78 is 32.0. The number of thiophene rings is 1. The Labute approximate surface area is 137 Å². The molecule has 23 heavy (non-hydrogen) atoms. The molecular formula is C14H14N4O3S2. The van der Waals surface area contributed by atoms with Crippen molar-refractivity contribution in [2.24, 2.45) is 0 Å². The minimum atomic E-state index is -3.47. The minimum Gasteiger partial charge on any atom is -0.361 e. The first kappa shape index (κ1) is 14.6. The van der Waals surface area contributed by atoms with Gasteiger partial charge in [0.1, 0.15) is 17.1 Å². The molecule has 0 bridgehead atoms. The number of aromatic nitrogens is 3. The van der Waals surface area contributed by atoms with Crippen LogP contribution in [0.4, 0.5) is 0 Å². The van der Waals surface area contributed by atoms with Crippen molar-refractivity contribution in [3.63, 3.8) is 0 Å². The van der Waals surface area contributed by atoms with E-state index >= 15 is 0 Å². The fourth-order valence-electron chi connectivity index (χ4n) is 2.71. The number of fused-ring (bicyclic) bond motifs is 1. The molecule has 0 unspecified atom stereocenters. The van der Waals surface area contributed by atoms with Gasteiger partial charge in [-0.25, -0.2) is 8.42 Å². The molecule has 9 heteroatoms. The van der Waals surface area contributed by atoms with E-state index in [0.717, 1.165) is 11.3 Å². The molecule has 3 aromatic rings. The molecule has 1 aliphatic rings. The van der Waals surface area contributed by atoms with Crippen molar-refractivity contribution in [2.75, 3.05) is 6.54 Å². The lowest BCUT2D eigenvalue weighted by Crippen LogP contribution is -2.35. The maximum absolute atomic E-state index is 12.7. The topological polar surface area (TPSA) is 92.1 Å². The lowest BCUT2D eigenvalue weighted by molar-refractivity contribution is 0.389. The van der Waals surface area contributed by atoms with Gasteiger partial charge in [0, 0.05) is 42.2 Å². The molecule has 0 atom stereocenters. The van der Waals surface area contributed by atoms with Crippen LogP contribution in [0.5, 0.6) is 0 Å². The van der Waals surface area contributed by atoms with Crippen molar-refractivity contribution >= 4 is 21.4 Å². The molecular weight excluding hydrogens is 336 g/mol. The fraction of sp³-hybridized carbons (Fsp3) is 0.286. The van der Waals surface area contributed by atoms with Gasteiger partial charge in [0.15, 0.2) is 0 Å². The zero-order valence-corrected chi connectivity index (χ0v) is 13.9. The van der Waals surface area contributed by atoms with Gasteiger partial charge in [-0.2, -0.15) is 20.7 Å². The van der Waals surface area contributed by atoms with E-state index in [-0.39, 0.29) is 6.54 Å². The molecule has 0 aliphatic carbocycles. The smallest absolute Gasteiger partial charge is 0.244 e. The van der Waals surface area contributed by atoms with Crippen LogP contribution in [-0.2, 0) is 23.0 Å². The Morgan fingerprint density at radius 3 is 3.00 bits per heavy atom. The number of hydrogen-bond acceptors (Lipinski definition) is 6. The van der Waals surface area contributed by atoms with E-state index in [2.05, 4.69) is 15.4 Å². The van der Waals surface area contributed by atoms with Gasteiger partial charge in [-0.05, 0) is 18.4 Å². The third-order valence-corrected chi connectivity index (χ3v) is 6.58. The van der Waals surface area contributed by atoms with Gasteiger partial charge in [0.2, 0.25) is 10.0 Å². The lowest BCUT2D eigenvalue weighted by Gasteiger charge is -2.25. The summed E-state index contributed by atoms with van der Waals surface area (Å²) in [5.74, 6) is 0.690. The zero-order valence-electron chi connectivity index (χ0n) is 12.3. The molecule has 4 rings (SSSR count). The van der Waals surface area contributed by atoms with Gasteiger partial charge < -0.3 is 4.52 Å². The van der Waals surface area contributed by atoms with Gasteiger partial charge in [-0.1, -0.05) is 5.16 Å². The van der Waals surface area contributed by atoms with Crippen LogP contribution >= 0.6 is 11.3 Å². The van der Waals surface area contributed by atoms with Gasteiger partial charge >= 0.3 is 0 Å². The minimum absolute atomic E-state index is 0.283. The van der Waals surface area contributed by atoms with Crippen molar-refractivity contribution in [3.8, 4) is 11.4 Å². The fourth-order valence-corrected chi connectivity index (χ4v) is 5.14. The zero-order chi connectivity index (χ0) is 16.0. The molecule has 7 nitrogen and oxygen atoms in total. The summed E-state index contributed by atoms with van der Waals surface area (Å²) in [6, 6.07) is 3.43. The van der Waals surface area contributed by atoms with Crippen LogP contribution in [0.25, 0.3) is 11.4 Å². The molecule has 0 aromatic carbocycles. The van der Waals surface area contributed by atoms with Gasteiger partial charge in [0.25, 0.3) is 0 Å². The average molecular weight is 350 g/mol. The summed E-state index contributed by atoms with van der Waals surface area (Å²) in [5, 5.41) is 14.7. The number of nitrogens with zero attached hydrogens (tertiary/aromatic N) is 3. The Bertz CT molecular complexity index is 941. The molecule has 1 aliphatic heterocycles. The maximum atomic E-state index is 12.7. The monoisotopic (exact) mass is 350 g/mol. The van der Waals surface area contributed by atoms with E-state index in [1.54, 1.807) is 22.9 Å². The quantitative estimate of drug-likeness (QED) is 0.782. The Morgan fingerprint density at radius 2 is 2.30 bits per heavy atom. The van der Waals surface area contributed by atoms with Crippen molar-refractivity contribution in [1.29, 1.82) is 0 Å². The Balaban J connectivity index is 1.71. The molecule has 0 spiro atoms. The molecule has 0 amide bonds. The normalized spacial score (nSPS) is 15.7. The highest BCUT2D eigenvalue weighted by Crippen LogP contribution is 2.31. The standard InChI is InChI=1S/C14H14N4O3S2/c1-9-6-13(17-21-9)14-11-7-18(4-2-12(11)15-16-14)23(19,20)10-3-5-22-8-10/h3,5-6,8H,2,4,7H2,1H3,(H,15,16). The second-order valence-corrected chi connectivity index (χ2v) is 8.12. The number of sulfonamides is 1. The van der Waals surface area contributed by atoms with Crippen LogP contribution in [-0.4, -0.2) is 34.6 Å². The summed E-state index contributed by atoms with van der Waals surface area (Å²) in [4.78, 5) is 0.341. The van der Waals surface area contributed by atoms with E-state index in [0.29, 0.717) is 35.0 Å². The number of aromatic amines is 1. The highest BCUT2D eigenvalue weighted by molar-refractivity contribution is 7.89. The molecule has 0 saturated carbocycles. The van der Waals surface area contributed by atoms with Crippen LogP contribution in [0.3, 0.4) is 0 Å². The van der Waals surface area contributed by atoms with Crippen LogP contribution in [0.2, 0.25) is 0 Å². The van der Waals surface area contributed by atoms with E-state index in [1.165, 1.54) is 15.6 Å². The van der Waals surface area contributed by atoms with Crippen molar-refractivity contribution in [1.82, 2.24) is 19.7 Å². The summed E-state index contributed by atoms with van der Waals surface area (Å²) in [6.45, 7) is 2.53. The Hall–Kier alpha value is -1.97. The Morgan fingerprint density at radius 1 is 1.43 bits per heavy atom. The first-order chi connectivity index (χ1) is 11.1. The van der Waals surface area contributed by atoms with Gasteiger partial charge in [0.05, 0.1) is 4.90 Å². The van der Waals surface area contributed by atoms with Crippen LogP contribution in [0, 0.1) is 6.92 Å². The largest absolute Gasteiger partial charge is 0.361 e. The summed E-state index contributed by atoms with van der Waals surface area (Å²) >= 11 is 1.37. The predicted molar refractivity (Wildman–Crippen MR) is 84.4 cm³/mol. The first-order valence-electron chi connectivity index (χ1n) is 7.08. The van der Waals surface area contributed by atoms with E-state index in [4.69, 9.17) is 4.52 Å². The third-order valence-electron chi connectivity index (χ3n) is 3.90. The lowest BCUT2D eigenvalue weighted by atomic mass is 10.1. The van der Waals surface area contributed by atoms with Gasteiger partial charge in [-0.15, -0.1) is 0 Å². The molecule has 120 valence electrons. The molecule has 3 aromatic heterocycles. The van der Waals surface area contributed by atoms with Crippen molar-refractivity contribution in [3.05, 3.63) is 39.9 Å². The summed E-state index contributed by atoms with van der Waals surface area (Å²) in [7, 11) is -3.47. The molecule has 4 heterocycles.